The van der Waals surface area contributed by atoms with E-state index in [0.29, 0.717) is 19.3 Å². The molecule has 0 unspecified atom stereocenters. The van der Waals surface area contributed by atoms with Gasteiger partial charge in [0.2, 0.25) is 0 Å². The van der Waals surface area contributed by atoms with Crippen LogP contribution in [0.4, 0.5) is 0 Å². The van der Waals surface area contributed by atoms with Gasteiger partial charge in [-0.1, -0.05) is 30.8 Å². The highest BCUT2D eigenvalue weighted by atomic mass is 16.3. The Hall–Kier alpha value is -0.780. The fourth-order valence-electron chi connectivity index (χ4n) is 6.50. The zero-order chi connectivity index (χ0) is 18.9. The van der Waals surface area contributed by atoms with Crippen molar-refractivity contribution in [2.45, 2.75) is 76.8 Å². The first-order chi connectivity index (χ1) is 12.1. The van der Waals surface area contributed by atoms with Gasteiger partial charge in [0.05, 0.1) is 6.10 Å². The summed E-state index contributed by atoms with van der Waals surface area (Å²) in [7, 11) is 0. The summed E-state index contributed by atoms with van der Waals surface area (Å²) in [5, 5.41) is 21.2. The third kappa shape index (κ3) is 2.02. The van der Waals surface area contributed by atoms with Crippen molar-refractivity contribution in [1.82, 2.24) is 0 Å². The summed E-state index contributed by atoms with van der Waals surface area (Å²) in [6, 6.07) is 0. The van der Waals surface area contributed by atoms with Gasteiger partial charge in [-0.25, -0.2) is 0 Å². The molecule has 2 heteroatoms. The van der Waals surface area contributed by atoms with E-state index in [1.165, 1.54) is 11.1 Å². The molecule has 2 N–H and O–H groups in total. The number of rotatable bonds is 0. The minimum Gasteiger partial charge on any atom is -0.393 e. The smallest absolute Gasteiger partial charge is 0.130 e. The maximum absolute atomic E-state index is 11.1. The van der Waals surface area contributed by atoms with E-state index in [9.17, 15) is 10.2 Å². The summed E-state index contributed by atoms with van der Waals surface area (Å²) in [4.78, 5) is 0. The average molecular weight is 318 g/mol. The molecule has 2 saturated carbocycles. The number of fused-ring (bicyclic) bond motifs is 4. The van der Waals surface area contributed by atoms with Gasteiger partial charge in [-0.05, 0) is 75.0 Å². The van der Waals surface area contributed by atoms with Gasteiger partial charge < -0.3 is 10.2 Å². The van der Waals surface area contributed by atoms with Crippen LogP contribution in [-0.4, -0.2) is 21.9 Å². The van der Waals surface area contributed by atoms with Gasteiger partial charge in [0, 0.05) is 9.53 Å². The first-order valence-corrected chi connectivity index (χ1v) is 9.20. The molecule has 4 rings (SSSR count). The van der Waals surface area contributed by atoms with Crippen molar-refractivity contribution in [3.63, 3.8) is 0 Å². The standard InChI is InChI=1S/C21H30O2/c1-4-21(23)10-8-18-19-13(2)11-14-12-15(22)5-6-16(14)17(19)7-9-20(18,21)3/h1,13,15,17-19,22-23H,5-12H2,2-3H3/t13-,15-,17-,18+,19-,20+,21+/m1/s1/i2+1D3. The maximum Gasteiger partial charge on any atom is 0.130 e. The quantitative estimate of drug-likeness (QED) is 0.406. The summed E-state index contributed by atoms with van der Waals surface area (Å²) in [5.41, 5.74) is 1.14. The Morgan fingerprint density at radius 1 is 1.26 bits per heavy atom. The van der Waals surface area contributed by atoms with Crippen molar-refractivity contribution in [3.8, 4) is 12.3 Å². The predicted molar refractivity (Wildman–Crippen MR) is 91.5 cm³/mol. The van der Waals surface area contributed by atoms with Crippen LogP contribution in [-0.2, 0) is 0 Å². The Morgan fingerprint density at radius 3 is 2.83 bits per heavy atom. The molecule has 7 atom stereocenters. The molecule has 2 fully saturated rings. The van der Waals surface area contributed by atoms with E-state index in [0.717, 1.165) is 32.1 Å². The first kappa shape index (κ1) is 12.6. The number of hydrogen-bond donors (Lipinski definition) is 2. The normalized spacial score (nSPS) is 54.9. The third-order valence-corrected chi connectivity index (χ3v) is 7.78. The zero-order valence-corrected chi connectivity index (χ0v) is 14.0. The molecule has 0 aromatic rings. The number of terminal acetylenes is 1. The Morgan fingerprint density at radius 2 is 2.09 bits per heavy atom. The molecule has 4 aliphatic rings. The summed E-state index contributed by atoms with van der Waals surface area (Å²) < 4.78 is 24.6. The molecule has 0 bridgehead atoms. The van der Waals surface area contributed by atoms with E-state index in [1.54, 1.807) is 0 Å². The third-order valence-electron chi connectivity index (χ3n) is 7.78. The second-order valence-corrected chi connectivity index (χ2v) is 8.63. The van der Waals surface area contributed by atoms with Crippen molar-refractivity contribution in [2.24, 2.45) is 29.1 Å². The van der Waals surface area contributed by atoms with Crippen LogP contribution >= 0.6 is 0 Å². The summed E-state index contributed by atoms with van der Waals surface area (Å²) in [6.07, 6.45) is 11.4. The lowest BCUT2D eigenvalue weighted by Gasteiger charge is -2.55. The predicted octanol–water partition coefficient (Wildman–Crippen LogP) is 3.67. The Balaban J connectivity index is 1.78. The molecule has 0 aromatic carbocycles. The lowest BCUT2D eigenvalue weighted by atomic mass is 9.51. The van der Waals surface area contributed by atoms with Crippen LogP contribution in [0.5, 0.6) is 0 Å². The minimum atomic E-state index is -2.01. The fraction of sp³-hybridized carbons (Fsp3) is 0.810. The monoisotopic (exact) mass is 318 g/mol. The number of aliphatic hydroxyl groups excluding tert-OH is 1. The lowest BCUT2D eigenvalue weighted by Crippen LogP contribution is -2.52. The van der Waals surface area contributed by atoms with E-state index in [1.807, 2.05) is 0 Å². The molecule has 0 spiro atoms. The molecule has 4 aliphatic carbocycles. The van der Waals surface area contributed by atoms with Gasteiger partial charge >= 0.3 is 0 Å². The van der Waals surface area contributed by atoms with Crippen molar-refractivity contribution in [3.05, 3.63) is 11.1 Å². The van der Waals surface area contributed by atoms with E-state index in [4.69, 9.17) is 10.5 Å². The van der Waals surface area contributed by atoms with E-state index in [2.05, 4.69) is 12.8 Å². The van der Waals surface area contributed by atoms with Crippen LogP contribution in [0.1, 0.15) is 69.3 Å². The van der Waals surface area contributed by atoms with Gasteiger partial charge in [0.1, 0.15) is 5.60 Å². The molecule has 0 aromatic heterocycles. The Bertz CT molecular complexity index is 676. The zero-order valence-electron chi connectivity index (χ0n) is 17.0. The molecule has 0 heterocycles. The van der Waals surface area contributed by atoms with E-state index in [-0.39, 0.29) is 29.8 Å². The molecule has 23 heavy (non-hydrogen) atoms. The Kier molecular flexibility index (Phi) is 2.79. The largest absolute Gasteiger partial charge is 0.393 e. The summed E-state index contributed by atoms with van der Waals surface area (Å²) in [5.74, 6) is 2.79. The van der Waals surface area contributed by atoms with Crippen molar-refractivity contribution in [2.75, 3.05) is 0 Å². The average Bonchev–Trinajstić information content (AvgIpc) is 2.85. The van der Waals surface area contributed by atoms with Gasteiger partial charge in [0.25, 0.3) is 0 Å². The molecular formula is C21H30O2. The molecule has 2 nitrogen and oxygen atoms in total. The molecule has 0 saturated heterocycles. The van der Waals surface area contributed by atoms with Crippen LogP contribution in [0, 0.1) is 41.4 Å². The van der Waals surface area contributed by atoms with Crippen LogP contribution < -0.4 is 0 Å². The second kappa shape index (κ2) is 5.11. The SMILES string of the molecule is [2H][13C]([2H])([2H])[C@@H]1CC2=C(CC[C@@H](O)C2)[C@H]2CC[C@@]3(C)[C@@H](CC[C@@]3(O)C#C)[C@@H]21. The highest BCUT2D eigenvalue weighted by Gasteiger charge is 2.62. The van der Waals surface area contributed by atoms with Gasteiger partial charge in [-0.15, -0.1) is 6.42 Å². The summed E-state index contributed by atoms with van der Waals surface area (Å²) >= 11 is 0. The van der Waals surface area contributed by atoms with Gasteiger partial charge in [-0.2, -0.15) is 0 Å². The van der Waals surface area contributed by atoms with E-state index >= 15 is 0 Å². The topological polar surface area (TPSA) is 40.5 Å². The van der Waals surface area contributed by atoms with Gasteiger partial charge in [-0.3, -0.25) is 0 Å². The van der Waals surface area contributed by atoms with Crippen LogP contribution in [0.3, 0.4) is 0 Å². The van der Waals surface area contributed by atoms with Crippen molar-refractivity contribution in [1.29, 1.82) is 0 Å². The van der Waals surface area contributed by atoms with Crippen LogP contribution in [0.25, 0.3) is 0 Å². The molecule has 0 radical (unpaired) electrons. The molecule has 0 amide bonds. The highest BCUT2D eigenvalue weighted by Crippen LogP contribution is 2.65. The molecule has 126 valence electrons. The Labute approximate surface area is 144 Å². The van der Waals surface area contributed by atoms with E-state index < -0.39 is 17.9 Å². The maximum atomic E-state index is 11.1. The fourth-order valence-corrected chi connectivity index (χ4v) is 6.50. The number of allylic oxidation sites excluding steroid dienone is 1. The van der Waals surface area contributed by atoms with Crippen LogP contribution in [0.15, 0.2) is 11.1 Å². The van der Waals surface area contributed by atoms with Crippen molar-refractivity contribution >= 4 is 0 Å². The van der Waals surface area contributed by atoms with Crippen molar-refractivity contribution < 1.29 is 14.3 Å². The second-order valence-electron chi connectivity index (χ2n) is 8.63. The first-order valence-electron chi connectivity index (χ1n) is 10.7. The number of aliphatic hydroxyl groups is 2. The lowest BCUT2D eigenvalue weighted by molar-refractivity contribution is -0.0813. The van der Waals surface area contributed by atoms with Crippen LogP contribution in [0.2, 0.25) is 0 Å². The highest BCUT2D eigenvalue weighted by molar-refractivity contribution is 5.30. The molecule has 0 aliphatic heterocycles. The summed E-state index contributed by atoms with van der Waals surface area (Å²) in [6.45, 7) is 0.0742. The number of hydrogen-bond acceptors (Lipinski definition) is 2. The van der Waals surface area contributed by atoms with Gasteiger partial charge in [0.15, 0.2) is 0 Å². The molecular weight excluding hydrogens is 285 g/mol. The minimum absolute atomic E-state index is 0.0672.